The van der Waals surface area contributed by atoms with Crippen LogP contribution in [0.2, 0.25) is 0 Å². The van der Waals surface area contributed by atoms with Crippen LogP contribution >= 0.6 is 0 Å². The fourth-order valence-electron chi connectivity index (χ4n) is 2.59. The monoisotopic (exact) mass is 300 g/mol. The molecule has 0 heterocycles. The van der Waals surface area contributed by atoms with Crippen LogP contribution in [-0.2, 0) is 4.79 Å². The molecule has 0 spiro atoms. The molecule has 0 aromatic heterocycles. The van der Waals surface area contributed by atoms with Crippen molar-refractivity contribution in [2.75, 3.05) is 6.61 Å². The van der Waals surface area contributed by atoms with Gasteiger partial charge in [0.1, 0.15) is 0 Å². The van der Waals surface area contributed by atoms with Crippen LogP contribution < -0.4 is 0 Å². The predicted octanol–water partition coefficient (Wildman–Crippen LogP) is 4.69. The first-order chi connectivity index (χ1) is 10.3. The van der Waals surface area contributed by atoms with Gasteiger partial charge in [0, 0.05) is 6.42 Å². The van der Waals surface area contributed by atoms with Crippen LogP contribution in [0.4, 0.5) is 0 Å². The van der Waals surface area contributed by atoms with Gasteiger partial charge in [-0.3, -0.25) is 4.79 Å². The lowest BCUT2D eigenvalue weighted by molar-refractivity contribution is -0.116. The molecule has 0 saturated heterocycles. The van der Waals surface area contributed by atoms with E-state index in [2.05, 4.69) is 26.0 Å². The topological polar surface area (TPSA) is 37.3 Å². The Morgan fingerprint density at radius 1 is 1.23 bits per heavy atom. The zero-order valence-corrected chi connectivity index (χ0v) is 14.4. The summed E-state index contributed by atoms with van der Waals surface area (Å²) in [5.41, 5.74) is 4.27. The Bertz CT molecular complexity index is 567. The molecule has 1 aliphatic carbocycles. The van der Waals surface area contributed by atoms with Crippen molar-refractivity contribution in [2.24, 2.45) is 5.41 Å². The number of hydrogen-bond donors (Lipinski definition) is 1. The van der Waals surface area contributed by atoms with Gasteiger partial charge in [-0.05, 0) is 43.8 Å². The Labute approximate surface area is 134 Å². The highest BCUT2D eigenvalue weighted by Crippen LogP contribution is 2.39. The SMILES string of the molecule is CC1=C(C=C/C(C)=C/C=C\C(C)=C/CO)C(C)(C)CCC1=O. The molecular weight excluding hydrogens is 272 g/mol. The molecule has 2 nitrogen and oxygen atoms in total. The van der Waals surface area contributed by atoms with E-state index in [1.54, 1.807) is 6.08 Å². The average molecular weight is 300 g/mol. The molecule has 0 unspecified atom stereocenters. The summed E-state index contributed by atoms with van der Waals surface area (Å²) >= 11 is 0. The molecule has 0 aliphatic heterocycles. The highest BCUT2D eigenvalue weighted by atomic mass is 16.2. The summed E-state index contributed by atoms with van der Waals surface area (Å²) in [5, 5.41) is 8.80. The number of rotatable bonds is 5. The van der Waals surface area contributed by atoms with E-state index in [-0.39, 0.29) is 17.8 Å². The molecular formula is C20H28O2. The lowest BCUT2D eigenvalue weighted by atomic mass is 9.72. The van der Waals surface area contributed by atoms with E-state index in [1.807, 2.05) is 39.0 Å². The number of aliphatic hydroxyl groups is 1. The molecule has 0 amide bonds. The van der Waals surface area contributed by atoms with E-state index in [0.29, 0.717) is 6.42 Å². The fourth-order valence-corrected chi connectivity index (χ4v) is 2.59. The molecule has 1 N–H and O–H groups in total. The van der Waals surface area contributed by atoms with E-state index >= 15 is 0 Å². The quantitative estimate of drug-likeness (QED) is 0.748. The van der Waals surface area contributed by atoms with E-state index in [1.165, 1.54) is 0 Å². The van der Waals surface area contributed by atoms with Crippen molar-refractivity contribution in [3.8, 4) is 0 Å². The maximum Gasteiger partial charge on any atom is 0.158 e. The van der Waals surface area contributed by atoms with Crippen LogP contribution in [0, 0.1) is 5.41 Å². The number of carbonyl (C=O) groups excluding carboxylic acids is 1. The second-order valence-corrected chi connectivity index (χ2v) is 6.58. The summed E-state index contributed by atoms with van der Waals surface area (Å²) < 4.78 is 0. The molecule has 0 radical (unpaired) electrons. The molecule has 120 valence electrons. The van der Waals surface area contributed by atoms with Crippen molar-refractivity contribution in [1.82, 2.24) is 0 Å². The molecule has 0 saturated carbocycles. The summed E-state index contributed by atoms with van der Waals surface area (Å²) in [6.45, 7) is 10.4. The van der Waals surface area contributed by atoms with Crippen LogP contribution in [0.3, 0.4) is 0 Å². The molecule has 1 rings (SSSR count). The summed E-state index contributed by atoms with van der Waals surface area (Å²) in [4.78, 5) is 11.9. The second-order valence-electron chi connectivity index (χ2n) is 6.58. The third-order valence-corrected chi connectivity index (χ3v) is 4.17. The van der Waals surface area contributed by atoms with E-state index < -0.39 is 0 Å². The van der Waals surface area contributed by atoms with Gasteiger partial charge in [0.2, 0.25) is 0 Å². The zero-order valence-electron chi connectivity index (χ0n) is 14.4. The number of aliphatic hydroxyl groups excluding tert-OH is 1. The Morgan fingerprint density at radius 3 is 2.55 bits per heavy atom. The first kappa shape index (κ1) is 18.4. The van der Waals surface area contributed by atoms with Gasteiger partial charge in [-0.2, -0.15) is 0 Å². The van der Waals surface area contributed by atoms with E-state index in [9.17, 15) is 4.79 Å². The Morgan fingerprint density at radius 2 is 1.91 bits per heavy atom. The molecule has 22 heavy (non-hydrogen) atoms. The Kier molecular flexibility index (Phi) is 6.76. The van der Waals surface area contributed by atoms with Gasteiger partial charge in [0.15, 0.2) is 5.78 Å². The van der Waals surface area contributed by atoms with Crippen LogP contribution in [0.1, 0.15) is 47.5 Å². The van der Waals surface area contributed by atoms with Crippen LogP contribution in [0.5, 0.6) is 0 Å². The first-order valence-electron chi connectivity index (χ1n) is 7.83. The molecule has 0 aromatic rings. The van der Waals surface area contributed by atoms with Crippen molar-refractivity contribution in [2.45, 2.75) is 47.5 Å². The molecule has 1 aliphatic rings. The van der Waals surface area contributed by atoms with Crippen LogP contribution in [0.15, 0.2) is 58.7 Å². The minimum atomic E-state index is 0.0606. The molecule has 0 aromatic carbocycles. The lowest BCUT2D eigenvalue weighted by Crippen LogP contribution is -2.24. The fraction of sp³-hybridized carbons (Fsp3) is 0.450. The number of allylic oxidation sites excluding steroid dienone is 9. The largest absolute Gasteiger partial charge is 0.392 e. The van der Waals surface area contributed by atoms with Gasteiger partial charge >= 0.3 is 0 Å². The molecule has 0 fully saturated rings. The maximum atomic E-state index is 11.9. The van der Waals surface area contributed by atoms with Crippen molar-refractivity contribution in [3.05, 3.63) is 58.7 Å². The minimum absolute atomic E-state index is 0.0606. The van der Waals surface area contributed by atoms with Gasteiger partial charge < -0.3 is 5.11 Å². The Hall–Kier alpha value is -1.67. The average Bonchev–Trinajstić information content (AvgIpc) is 2.43. The molecule has 0 bridgehead atoms. The lowest BCUT2D eigenvalue weighted by Gasteiger charge is -2.32. The third kappa shape index (κ3) is 5.27. The Balaban J connectivity index is 2.88. The van der Waals surface area contributed by atoms with Crippen LogP contribution in [0.25, 0.3) is 0 Å². The van der Waals surface area contributed by atoms with Gasteiger partial charge in [0.05, 0.1) is 6.61 Å². The minimum Gasteiger partial charge on any atom is -0.392 e. The van der Waals surface area contributed by atoms with Gasteiger partial charge in [-0.25, -0.2) is 0 Å². The predicted molar refractivity (Wildman–Crippen MR) is 93.6 cm³/mol. The van der Waals surface area contributed by atoms with Crippen molar-refractivity contribution >= 4 is 5.78 Å². The van der Waals surface area contributed by atoms with Gasteiger partial charge in [0.25, 0.3) is 0 Å². The summed E-state index contributed by atoms with van der Waals surface area (Å²) in [7, 11) is 0. The van der Waals surface area contributed by atoms with Crippen LogP contribution in [-0.4, -0.2) is 17.5 Å². The normalized spacial score (nSPS) is 20.5. The second kappa shape index (κ2) is 8.09. The van der Waals surface area contributed by atoms with Gasteiger partial charge in [-0.15, -0.1) is 0 Å². The zero-order chi connectivity index (χ0) is 16.8. The summed E-state index contributed by atoms with van der Waals surface area (Å²) in [6, 6.07) is 0. The van der Waals surface area contributed by atoms with E-state index in [0.717, 1.165) is 28.7 Å². The first-order valence-corrected chi connectivity index (χ1v) is 7.83. The molecule has 0 atom stereocenters. The van der Waals surface area contributed by atoms with Crippen molar-refractivity contribution < 1.29 is 9.90 Å². The van der Waals surface area contributed by atoms with Gasteiger partial charge in [-0.1, -0.05) is 61.4 Å². The number of Topliss-reactive ketones (excluding diaryl/α,β-unsaturated/α-hetero) is 1. The smallest absolute Gasteiger partial charge is 0.158 e. The molecule has 2 heteroatoms. The van der Waals surface area contributed by atoms with Crippen molar-refractivity contribution in [3.63, 3.8) is 0 Å². The summed E-state index contributed by atoms with van der Waals surface area (Å²) in [6.07, 6.45) is 13.4. The van der Waals surface area contributed by atoms with Crippen molar-refractivity contribution in [1.29, 1.82) is 0 Å². The highest BCUT2D eigenvalue weighted by molar-refractivity contribution is 5.97. The standard InChI is InChI=1S/C20H28O2/c1-15(7-6-8-16(2)12-14-21)9-10-18-17(3)19(22)11-13-20(18,4)5/h6-10,12,21H,11,13-14H2,1-5H3/b8-6-,10-9?,15-7+,16-12-. The number of hydrogen-bond acceptors (Lipinski definition) is 2. The maximum absolute atomic E-state index is 11.9. The highest BCUT2D eigenvalue weighted by Gasteiger charge is 2.30. The number of carbonyl (C=O) groups is 1. The third-order valence-electron chi connectivity index (χ3n) is 4.17. The van der Waals surface area contributed by atoms with E-state index in [4.69, 9.17) is 5.11 Å². The summed E-state index contributed by atoms with van der Waals surface area (Å²) in [5.74, 6) is 0.269. The number of ketones is 1.